The number of alkyl halides is 15. The van der Waals surface area contributed by atoms with Crippen molar-refractivity contribution in [1.82, 2.24) is 4.90 Å². The molecule has 1 nitrogen and oxygen atoms in total. The van der Waals surface area contributed by atoms with Gasteiger partial charge in [-0.05, 0) is 0 Å². The fourth-order valence-electron chi connectivity index (χ4n) is 2.01. The molecule has 2 atom stereocenters. The SMILES string of the molecule is FCN1C(F)(F)C(F)(C(F)(F)F)C(F)(F)C(F)(C(F)(F)F)C1(F)F. The fraction of sp³-hybridized carbons (Fsp3) is 1.00. The molecule has 1 rings (SSSR count). The van der Waals surface area contributed by atoms with Crippen LogP contribution in [0.3, 0.4) is 0 Å². The maximum Gasteiger partial charge on any atom is 0.436 e. The van der Waals surface area contributed by atoms with Crippen molar-refractivity contribution >= 4 is 0 Å². The van der Waals surface area contributed by atoms with E-state index in [0.717, 1.165) is 0 Å². The van der Waals surface area contributed by atoms with Crippen LogP contribution < -0.4 is 0 Å². The topological polar surface area (TPSA) is 3.24 Å². The first kappa shape index (κ1) is 21.0. The predicted octanol–water partition coefficient (Wildman–Crippen LogP) is 4.59. The summed E-state index contributed by atoms with van der Waals surface area (Å²) in [5, 5.41) is 0. The van der Waals surface area contributed by atoms with Crippen LogP contribution in [0.15, 0.2) is 0 Å². The van der Waals surface area contributed by atoms with E-state index in [4.69, 9.17) is 0 Å². The van der Waals surface area contributed by atoms with Gasteiger partial charge in [-0.2, -0.15) is 52.7 Å². The molecule has 0 spiro atoms. The molecule has 0 saturated carbocycles. The summed E-state index contributed by atoms with van der Waals surface area (Å²) < 4.78 is 193. The highest BCUT2D eigenvalue weighted by molar-refractivity contribution is 5.26. The monoisotopic (exact) mass is 397 g/mol. The lowest BCUT2D eigenvalue weighted by molar-refractivity contribution is -0.526. The normalized spacial score (nSPS) is 36.6. The lowest BCUT2D eigenvalue weighted by Crippen LogP contribution is -2.89. The van der Waals surface area contributed by atoms with Crippen LogP contribution >= 0.6 is 0 Å². The second-order valence-corrected chi connectivity index (χ2v) is 4.52. The molecule has 1 aliphatic heterocycles. The van der Waals surface area contributed by atoms with Crippen molar-refractivity contribution in [3.8, 4) is 0 Å². The van der Waals surface area contributed by atoms with E-state index in [-0.39, 0.29) is 0 Å². The Labute approximate surface area is 121 Å². The highest BCUT2D eigenvalue weighted by Gasteiger charge is 3.03. The molecular weight excluding hydrogens is 395 g/mol. The van der Waals surface area contributed by atoms with E-state index in [0.29, 0.717) is 0 Å². The Hall–Kier alpha value is -1.09. The summed E-state index contributed by atoms with van der Waals surface area (Å²) >= 11 is 0. The minimum atomic E-state index is -8.09. The molecule has 0 amide bonds. The van der Waals surface area contributed by atoms with E-state index in [2.05, 4.69) is 0 Å². The largest absolute Gasteiger partial charge is 0.436 e. The van der Waals surface area contributed by atoms with Gasteiger partial charge in [0.1, 0.15) is 0 Å². The van der Waals surface area contributed by atoms with Gasteiger partial charge < -0.3 is 0 Å². The molecule has 144 valence electrons. The number of rotatable bonds is 1. The Balaban J connectivity index is 4.05. The van der Waals surface area contributed by atoms with Crippen molar-refractivity contribution in [1.29, 1.82) is 0 Å². The smallest absolute Gasteiger partial charge is 0.233 e. The standard InChI is InChI=1S/C8H2F15N/c9-1-24-7(20,21)2(10,5(14,15)16)4(12,13)3(11,6(17,18)19)8(24,22)23/h1H2. The second-order valence-electron chi connectivity index (χ2n) is 4.52. The van der Waals surface area contributed by atoms with E-state index in [1.165, 1.54) is 0 Å². The molecule has 1 fully saturated rings. The first-order valence-electron chi connectivity index (χ1n) is 5.18. The van der Waals surface area contributed by atoms with E-state index in [1.54, 1.807) is 0 Å². The van der Waals surface area contributed by atoms with Gasteiger partial charge in [0.15, 0.2) is 6.80 Å². The van der Waals surface area contributed by atoms with Crippen molar-refractivity contribution in [3.63, 3.8) is 0 Å². The number of hydrogen-bond acceptors (Lipinski definition) is 1. The van der Waals surface area contributed by atoms with Crippen molar-refractivity contribution in [2.24, 2.45) is 0 Å². The average molecular weight is 397 g/mol. The lowest BCUT2D eigenvalue weighted by atomic mass is 9.75. The summed E-state index contributed by atoms with van der Waals surface area (Å²) in [5.41, 5.74) is -15.7. The van der Waals surface area contributed by atoms with Crippen molar-refractivity contribution < 1.29 is 65.9 Å². The van der Waals surface area contributed by atoms with Crippen LogP contribution in [0.1, 0.15) is 0 Å². The fourth-order valence-corrected chi connectivity index (χ4v) is 2.01. The molecule has 24 heavy (non-hydrogen) atoms. The summed E-state index contributed by atoms with van der Waals surface area (Å²) in [6.45, 7) is -3.72. The summed E-state index contributed by atoms with van der Waals surface area (Å²) in [6, 6.07) is -14.6. The highest BCUT2D eigenvalue weighted by atomic mass is 19.4. The van der Waals surface area contributed by atoms with Crippen molar-refractivity contribution in [2.75, 3.05) is 6.80 Å². The first-order chi connectivity index (χ1) is 10.2. The van der Waals surface area contributed by atoms with Crippen LogP contribution in [0, 0.1) is 0 Å². The van der Waals surface area contributed by atoms with Gasteiger partial charge in [0.05, 0.1) is 0 Å². The number of likely N-dealkylation sites (tertiary alicyclic amines) is 1. The van der Waals surface area contributed by atoms with Crippen LogP contribution in [-0.4, -0.2) is 53.4 Å². The maximum atomic E-state index is 13.5. The highest BCUT2D eigenvalue weighted by Crippen LogP contribution is 2.70. The lowest BCUT2D eigenvalue weighted by Gasteiger charge is -2.56. The average Bonchev–Trinajstić information content (AvgIpc) is 2.31. The van der Waals surface area contributed by atoms with Crippen molar-refractivity contribution in [2.45, 2.75) is 41.7 Å². The summed E-state index contributed by atoms with van der Waals surface area (Å²) in [7, 11) is 0. The second kappa shape index (κ2) is 4.75. The van der Waals surface area contributed by atoms with E-state index >= 15 is 0 Å². The van der Waals surface area contributed by atoms with Crippen LogP contribution in [0.25, 0.3) is 0 Å². The van der Waals surface area contributed by atoms with Crippen LogP contribution in [0.2, 0.25) is 0 Å². The molecule has 16 heteroatoms. The minimum Gasteiger partial charge on any atom is -0.233 e. The number of nitrogens with zero attached hydrogens (tertiary/aromatic N) is 1. The zero-order valence-electron chi connectivity index (χ0n) is 10.3. The summed E-state index contributed by atoms with van der Waals surface area (Å²) in [4.78, 5) is -3.20. The van der Waals surface area contributed by atoms with Gasteiger partial charge in [-0.15, -0.1) is 4.90 Å². The predicted molar refractivity (Wildman–Crippen MR) is 42.4 cm³/mol. The van der Waals surface area contributed by atoms with Crippen LogP contribution in [-0.2, 0) is 0 Å². The summed E-state index contributed by atoms with van der Waals surface area (Å²) in [5.74, 6) is -8.09. The third kappa shape index (κ3) is 1.85. The van der Waals surface area contributed by atoms with Gasteiger partial charge in [0.25, 0.3) is 0 Å². The molecule has 0 aromatic carbocycles. The van der Waals surface area contributed by atoms with E-state index in [9.17, 15) is 65.9 Å². The Kier molecular flexibility index (Phi) is 4.15. The quantitative estimate of drug-likeness (QED) is 0.462. The molecule has 0 aromatic rings. The van der Waals surface area contributed by atoms with Crippen molar-refractivity contribution in [3.05, 3.63) is 0 Å². The number of halogens is 15. The Morgan fingerprint density at radius 2 is 0.833 bits per heavy atom. The molecule has 0 radical (unpaired) electrons. The van der Waals surface area contributed by atoms with Crippen LogP contribution in [0.4, 0.5) is 65.9 Å². The third-order valence-corrected chi connectivity index (χ3v) is 3.27. The van der Waals surface area contributed by atoms with Gasteiger partial charge >= 0.3 is 41.7 Å². The van der Waals surface area contributed by atoms with Gasteiger partial charge in [-0.3, -0.25) is 0 Å². The molecular formula is C8H2F15N. The van der Waals surface area contributed by atoms with Crippen LogP contribution in [0.5, 0.6) is 0 Å². The zero-order valence-corrected chi connectivity index (χ0v) is 10.3. The summed E-state index contributed by atoms with van der Waals surface area (Å²) in [6.07, 6.45) is -15.4. The number of hydrogen-bond donors (Lipinski definition) is 0. The molecule has 0 aliphatic carbocycles. The molecule has 0 aromatic heterocycles. The Morgan fingerprint density at radius 1 is 0.583 bits per heavy atom. The van der Waals surface area contributed by atoms with Gasteiger partial charge in [-0.25, -0.2) is 13.2 Å². The Bertz CT molecular complexity index is 463. The molecule has 1 heterocycles. The molecule has 0 N–H and O–H groups in total. The van der Waals surface area contributed by atoms with Gasteiger partial charge in [0.2, 0.25) is 0 Å². The minimum absolute atomic E-state index is 3.20. The van der Waals surface area contributed by atoms with E-state index < -0.39 is 53.4 Å². The van der Waals surface area contributed by atoms with Gasteiger partial charge in [0, 0.05) is 0 Å². The maximum absolute atomic E-state index is 13.5. The molecule has 1 saturated heterocycles. The van der Waals surface area contributed by atoms with E-state index in [1.807, 2.05) is 0 Å². The number of piperidine rings is 1. The Morgan fingerprint density at radius 3 is 1.00 bits per heavy atom. The third-order valence-electron chi connectivity index (χ3n) is 3.27. The van der Waals surface area contributed by atoms with Gasteiger partial charge in [-0.1, -0.05) is 0 Å². The molecule has 2 unspecified atom stereocenters. The molecule has 0 bridgehead atoms. The molecule has 1 aliphatic rings. The zero-order chi connectivity index (χ0) is 19.8. The first-order valence-corrected chi connectivity index (χ1v) is 5.18.